The van der Waals surface area contributed by atoms with E-state index >= 15 is 0 Å². The van der Waals surface area contributed by atoms with Gasteiger partial charge in [-0.2, -0.15) is 0 Å². The summed E-state index contributed by atoms with van der Waals surface area (Å²) in [6.07, 6.45) is 2.48. The number of hydrogen-bond donors (Lipinski definition) is 0. The Hall–Kier alpha value is -3.29. The number of carbonyl (C=O) groups is 2. The fraction of sp³-hybridized carbons (Fsp3) is 0.562. The highest BCUT2D eigenvalue weighted by Crippen LogP contribution is 2.53. The molecule has 1 saturated heterocycles. The van der Waals surface area contributed by atoms with Gasteiger partial charge in [0.25, 0.3) is 0 Å². The van der Waals surface area contributed by atoms with E-state index in [0.29, 0.717) is 31.0 Å². The molecule has 216 valence electrons. The van der Waals surface area contributed by atoms with Crippen LogP contribution in [0.25, 0.3) is 0 Å². The van der Waals surface area contributed by atoms with Crippen LogP contribution in [-0.4, -0.2) is 49.5 Å². The normalized spacial score (nSPS) is 20.9. The number of nitrogens with zero attached hydrogens (tertiary/aromatic N) is 2. The smallest absolute Gasteiger partial charge is 0.415 e. The molecule has 2 heterocycles. The lowest BCUT2D eigenvalue weighted by molar-refractivity contribution is -0.143. The van der Waals surface area contributed by atoms with Gasteiger partial charge in [0, 0.05) is 24.8 Å². The summed E-state index contributed by atoms with van der Waals surface area (Å²) in [7, 11) is 0. The van der Waals surface area contributed by atoms with Crippen molar-refractivity contribution in [1.82, 2.24) is 0 Å². The molecule has 0 radical (unpaired) electrons. The minimum Gasteiger partial charge on any atom is -0.484 e. The third-order valence-electron chi connectivity index (χ3n) is 8.24. The van der Waals surface area contributed by atoms with E-state index in [1.54, 1.807) is 11.0 Å². The average molecular weight is 553 g/mol. The number of ether oxygens (including phenoxy) is 3. The van der Waals surface area contributed by atoms with Crippen molar-refractivity contribution in [2.24, 2.45) is 0 Å². The molecule has 1 amide bonds. The molecule has 1 spiro atoms. The fourth-order valence-corrected chi connectivity index (χ4v) is 6.59. The molecule has 2 aromatic carbocycles. The van der Waals surface area contributed by atoms with Gasteiger partial charge in [-0.25, -0.2) is 9.18 Å². The predicted octanol–water partition coefficient (Wildman–Crippen LogP) is 6.72. The molecular formula is C32H41FN2O5. The van der Waals surface area contributed by atoms with Crippen LogP contribution >= 0.6 is 0 Å². The maximum absolute atomic E-state index is 14.4. The van der Waals surface area contributed by atoms with Crippen LogP contribution in [0.4, 0.5) is 20.6 Å². The van der Waals surface area contributed by atoms with E-state index in [0.717, 1.165) is 49.2 Å². The first-order valence-corrected chi connectivity index (χ1v) is 14.3. The molecule has 2 aromatic rings. The molecule has 0 unspecified atom stereocenters. The number of rotatable bonds is 4. The van der Waals surface area contributed by atoms with Gasteiger partial charge in [-0.1, -0.05) is 6.07 Å². The van der Waals surface area contributed by atoms with E-state index in [4.69, 9.17) is 14.2 Å². The summed E-state index contributed by atoms with van der Waals surface area (Å²) in [5.74, 6) is 0.262. The number of benzene rings is 2. The van der Waals surface area contributed by atoms with Crippen molar-refractivity contribution in [3.8, 4) is 5.75 Å². The number of fused-ring (bicyclic) bond motifs is 3. The van der Waals surface area contributed by atoms with Gasteiger partial charge in [0.15, 0.2) is 0 Å². The fourth-order valence-electron chi connectivity index (χ4n) is 6.59. The van der Waals surface area contributed by atoms with Gasteiger partial charge in [0.1, 0.15) is 22.8 Å². The van der Waals surface area contributed by atoms with Gasteiger partial charge in [0.2, 0.25) is 0 Å². The van der Waals surface area contributed by atoms with Gasteiger partial charge >= 0.3 is 12.1 Å². The number of hydrogen-bond acceptors (Lipinski definition) is 6. The lowest BCUT2D eigenvalue weighted by Crippen LogP contribution is -2.50. The molecule has 1 atom stereocenters. The summed E-state index contributed by atoms with van der Waals surface area (Å²) in [5.41, 5.74) is 2.52. The van der Waals surface area contributed by atoms with Crippen molar-refractivity contribution in [3.05, 3.63) is 53.3 Å². The van der Waals surface area contributed by atoms with Crippen LogP contribution in [0, 0.1) is 5.82 Å². The molecule has 7 nitrogen and oxygen atoms in total. The highest BCUT2D eigenvalue weighted by atomic mass is 19.1. The standard InChI is InChI=1S/C32H41FN2O5/c1-7-38-28(36)16-21-19-32(25-17-22(33)8-10-24(21)25)12-14-34(15-13-32)23-9-11-26-27(18-23)39-31(5,6)20-35(26)29(37)40-30(2,3)4/h8-11,17-18,21H,7,12-16,19-20H2,1-6H3/t21-/m1/s1. The molecule has 0 aromatic heterocycles. The Labute approximate surface area is 236 Å². The molecule has 8 heteroatoms. The number of piperidine rings is 1. The first kappa shape index (κ1) is 28.2. The molecule has 0 N–H and O–H groups in total. The first-order valence-electron chi connectivity index (χ1n) is 14.3. The second kappa shape index (κ2) is 10.3. The second-order valence-corrected chi connectivity index (χ2v) is 13.0. The van der Waals surface area contributed by atoms with Gasteiger partial charge in [-0.3, -0.25) is 9.69 Å². The zero-order valence-corrected chi connectivity index (χ0v) is 24.5. The maximum atomic E-state index is 14.4. The Balaban J connectivity index is 1.35. The maximum Gasteiger partial charge on any atom is 0.415 e. The number of esters is 1. The summed E-state index contributed by atoms with van der Waals surface area (Å²) < 4.78 is 31.6. The lowest BCUT2D eigenvalue weighted by atomic mass is 9.73. The minimum atomic E-state index is -0.597. The zero-order chi connectivity index (χ0) is 28.9. The Morgan fingerprint density at radius 2 is 1.82 bits per heavy atom. The van der Waals surface area contributed by atoms with E-state index in [-0.39, 0.29) is 29.2 Å². The van der Waals surface area contributed by atoms with Crippen LogP contribution in [0.15, 0.2) is 36.4 Å². The number of amides is 1. The van der Waals surface area contributed by atoms with Crippen LogP contribution in [-0.2, 0) is 19.7 Å². The molecule has 1 fully saturated rings. The lowest BCUT2D eigenvalue weighted by Gasteiger charge is -2.43. The highest BCUT2D eigenvalue weighted by molar-refractivity contribution is 5.91. The van der Waals surface area contributed by atoms with Crippen molar-refractivity contribution >= 4 is 23.4 Å². The van der Waals surface area contributed by atoms with Crippen LogP contribution in [0.5, 0.6) is 5.75 Å². The van der Waals surface area contributed by atoms with Crippen LogP contribution in [0.1, 0.15) is 84.3 Å². The molecule has 3 aliphatic rings. The van der Waals surface area contributed by atoms with Crippen molar-refractivity contribution in [1.29, 1.82) is 0 Å². The van der Waals surface area contributed by atoms with E-state index in [1.807, 2.05) is 65.8 Å². The Kier molecular flexibility index (Phi) is 7.26. The molecular weight excluding hydrogens is 511 g/mol. The van der Waals surface area contributed by atoms with E-state index in [1.165, 1.54) is 6.07 Å². The third kappa shape index (κ3) is 5.63. The second-order valence-electron chi connectivity index (χ2n) is 13.0. The first-order chi connectivity index (χ1) is 18.8. The number of carbonyl (C=O) groups excluding carboxylic acids is 2. The molecule has 1 aliphatic carbocycles. The Bertz CT molecular complexity index is 1290. The summed E-state index contributed by atoms with van der Waals surface area (Å²) in [6.45, 7) is 13.7. The van der Waals surface area contributed by atoms with Crippen molar-refractivity contribution in [2.75, 3.05) is 36.0 Å². The van der Waals surface area contributed by atoms with Gasteiger partial charge in [-0.05, 0) is 108 Å². The highest BCUT2D eigenvalue weighted by Gasteiger charge is 2.46. The zero-order valence-electron chi connectivity index (χ0n) is 24.5. The quantitative estimate of drug-likeness (QED) is 0.393. The van der Waals surface area contributed by atoms with Crippen molar-refractivity contribution in [3.63, 3.8) is 0 Å². The molecule has 2 aliphatic heterocycles. The molecule has 0 bridgehead atoms. The topological polar surface area (TPSA) is 68.3 Å². The van der Waals surface area contributed by atoms with E-state index < -0.39 is 11.2 Å². The van der Waals surface area contributed by atoms with Gasteiger partial charge in [0.05, 0.1) is 25.3 Å². The number of halogens is 1. The predicted molar refractivity (Wildman–Crippen MR) is 153 cm³/mol. The third-order valence-corrected chi connectivity index (χ3v) is 8.24. The minimum absolute atomic E-state index is 0.0411. The monoisotopic (exact) mass is 552 g/mol. The summed E-state index contributed by atoms with van der Waals surface area (Å²) in [4.78, 5) is 29.3. The summed E-state index contributed by atoms with van der Waals surface area (Å²) in [5, 5.41) is 0. The van der Waals surface area contributed by atoms with Crippen LogP contribution in [0.2, 0.25) is 0 Å². The largest absolute Gasteiger partial charge is 0.484 e. The van der Waals surface area contributed by atoms with Crippen molar-refractivity contribution < 1.29 is 28.2 Å². The van der Waals surface area contributed by atoms with Crippen LogP contribution < -0.4 is 14.5 Å². The Morgan fingerprint density at radius 3 is 2.50 bits per heavy atom. The SMILES string of the molecule is CCOC(=O)C[C@@H]1CC2(CCN(c3ccc4c(c3)OC(C)(C)CN4C(=O)OC(C)(C)C)CC2)c2cc(F)ccc21. The summed E-state index contributed by atoms with van der Waals surface area (Å²) >= 11 is 0. The van der Waals surface area contributed by atoms with Gasteiger partial charge < -0.3 is 19.1 Å². The Morgan fingerprint density at radius 1 is 1.10 bits per heavy atom. The summed E-state index contributed by atoms with van der Waals surface area (Å²) in [6, 6.07) is 11.0. The molecule has 40 heavy (non-hydrogen) atoms. The van der Waals surface area contributed by atoms with Crippen LogP contribution in [0.3, 0.4) is 0 Å². The average Bonchev–Trinajstić information content (AvgIpc) is 3.13. The van der Waals surface area contributed by atoms with Crippen molar-refractivity contribution in [2.45, 2.75) is 89.8 Å². The van der Waals surface area contributed by atoms with E-state index in [2.05, 4.69) is 4.90 Å². The van der Waals surface area contributed by atoms with Gasteiger partial charge in [-0.15, -0.1) is 0 Å². The molecule has 5 rings (SSSR count). The number of anilines is 2. The van der Waals surface area contributed by atoms with E-state index in [9.17, 15) is 14.0 Å². The molecule has 0 saturated carbocycles.